The van der Waals surface area contributed by atoms with E-state index >= 15 is 0 Å². The number of anilines is 1. The summed E-state index contributed by atoms with van der Waals surface area (Å²) in [6.45, 7) is 2.96. The number of hydrogen-bond acceptors (Lipinski definition) is 7. The van der Waals surface area contributed by atoms with Gasteiger partial charge in [0.05, 0.1) is 13.2 Å². The molecule has 1 atom stereocenters. The van der Waals surface area contributed by atoms with Gasteiger partial charge >= 0.3 is 6.01 Å². The maximum absolute atomic E-state index is 5.37. The molecule has 25 heavy (non-hydrogen) atoms. The first-order valence-electron chi connectivity index (χ1n) is 8.45. The number of methoxy groups -OCH3 is 1. The Labute approximate surface area is 145 Å². The quantitative estimate of drug-likeness (QED) is 0.763. The number of ether oxygens (including phenoxy) is 1. The molecule has 0 spiro atoms. The lowest BCUT2D eigenvalue weighted by atomic mass is 10.1. The van der Waals surface area contributed by atoms with E-state index in [-0.39, 0.29) is 6.04 Å². The molecule has 0 amide bonds. The Hall–Kier alpha value is -2.90. The van der Waals surface area contributed by atoms with Gasteiger partial charge in [0.25, 0.3) is 0 Å². The Morgan fingerprint density at radius 1 is 1.36 bits per heavy atom. The summed E-state index contributed by atoms with van der Waals surface area (Å²) in [7, 11) is 1.63. The summed E-state index contributed by atoms with van der Waals surface area (Å²) < 4.78 is 12.6. The summed E-state index contributed by atoms with van der Waals surface area (Å²) in [6, 6.07) is 7.98. The highest BCUT2D eigenvalue weighted by molar-refractivity contribution is 5.58. The van der Waals surface area contributed by atoms with Gasteiger partial charge in [0, 0.05) is 18.5 Å². The monoisotopic (exact) mass is 340 g/mol. The van der Waals surface area contributed by atoms with E-state index in [4.69, 9.17) is 9.26 Å². The van der Waals surface area contributed by atoms with Crippen molar-refractivity contribution in [2.45, 2.75) is 38.8 Å². The molecule has 1 aromatic carbocycles. The van der Waals surface area contributed by atoms with E-state index in [2.05, 4.69) is 32.5 Å². The fraction of sp³-hybridized carbons (Fsp3) is 0.412. The van der Waals surface area contributed by atoms with Crippen LogP contribution in [0.3, 0.4) is 0 Å². The van der Waals surface area contributed by atoms with E-state index in [1.807, 2.05) is 28.9 Å². The second-order valence-electron chi connectivity index (χ2n) is 5.96. The van der Waals surface area contributed by atoms with Crippen LogP contribution in [0.1, 0.15) is 37.5 Å². The van der Waals surface area contributed by atoms with Gasteiger partial charge in [0.15, 0.2) is 5.82 Å². The van der Waals surface area contributed by atoms with Crippen LogP contribution in [0, 0.1) is 0 Å². The van der Waals surface area contributed by atoms with E-state index in [9.17, 15) is 0 Å². The number of rotatable bonds is 5. The average Bonchev–Trinajstić information content (AvgIpc) is 3.29. The van der Waals surface area contributed by atoms with Crippen molar-refractivity contribution in [3.8, 4) is 17.1 Å². The van der Waals surface area contributed by atoms with Crippen molar-refractivity contribution in [1.29, 1.82) is 0 Å². The van der Waals surface area contributed by atoms with Gasteiger partial charge in [-0.15, -0.1) is 0 Å². The minimum absolute atomic E-state index is 0.0279. The molecule has 4 rings (SSSR count). The number of nitrogens with zero attached hydrogens (tertiary/aromatic N) is 5. The maximum atomic E-state index is 5.37. The molecule has 0 bridgehead atoms. The van der Waals surface area contributed by atoms with Crippen molar-refractivity contribution < 1.29 is 9.26 Å². The first-order chi connectivity index (χ1) is 12.3. The molecule has 1 aliphatic heterocycles. The van der Waals surface area contributed by atoms with Crippen LogP contribution in [-0.2, 0) is 13.0 Å². The molecule has 0 unspecified atom stereocenters. The SMILES string of the molecule is CCc1nc2n(n1)CCC[C@@H]2Nc1nc(-c2cccc(OC)c2)no1. The van der Waals surface area contributed by atoms with E-state index in [0.717, 1.165) is 48.8 Å². The van der Waals surface area contributed by atoms with Crippen molar-refractivity contribution in [2.24, 2.45) is 0 Å². The van der Waals surface area contributed by atoms with E-state index in [0.29, 0.717) is 11.8 Å². The molecule has 2 aromatic heterocycles. The third-order valence-electron chi connectivity index (χ3n) is 4.29. The predicted molar refractivity (Wildman–Crippen MR) is 91.3 cm³/mol. The molecular weight excluding hydrogens is 320 g/mol. The smallest absolute Gasteiger partial charge is 0.322 e. The fourth-order valence-corrected chi connectivity index (χ4v) is 3.00. The number of fused-ring (bicyclic) bond motifs is 1. The molecule has 0 fully saturated rings. The van der Waals surface area contributed by atoms with Gasteiger partial charge in [-0.05, 0) is 25.0 Å². The molecular formula is C17H20N6O2. The number of hydrogen-bond donors (Lipinski definition) is 1. The van der Waals surface area contributed by atoms with Crippen molar-refractivity contribution in [3.63, 3.8) is 0 Å². The molecule has 0 saturated heterocycles. The second kappa shape index (κ2) is 6.54. The third-order valence-corrected chi connectivity index (χ3v) is 4.29. The summed E-state index contributed by atoms with van der Waals surface area (Å²) >= 11 is 0. The summed E-state index contributed by atoms with van der Waals surface area (Å²) in [6.07, 6.45) is 2.82. The zero-order valence-corrected chi connectivity index (χ0v) is 14.3. The minimum Gasteiger partial charge on any atom is -0.497 e. The molecule has 1 N–H and O–H groups in total. The predicted octanol–water partition coefficient (Wildman–Crippen LogP) is 2.85. The summed E-state index contributed by atoms with van der Waals surface area (Å²) in [5.41, 5.74) is 0.844. The third kappa shape index (κ3) is 3.07. The normalized spacial score (nSPS) is 16.5. The van der Waals surface area contributed by atoms with E-state index in [1.165, 1.54) is 0 Å². The lowest BCUT2D eigenvalue weighted by Gasteiger charge is -2.21. The molecule has 130 valence electrons. The van der Waals surface area contributed by atoms with Gasteiger partial charge in [0.2, 0.25) is 5.82 Å². The molecule has 8 nitrogen and oxygen atoms in total. The van der Waals surface area contributed by atoms with Crippen LogP contribution < -0.4 is 10.1 Å². The van der Waals surface area contributed by atoms with Crippen LogP contribution in [0.15, 0.2) is 28.8 Å². The molecule has 3 aromatic rings. The number of aryl methyl sites for hydroxylation is 2. The van der Waals surface area contributed by atoms with Crippen molar-refractivity contribution in [1.82, 2.24) is 24.9 Å². The Balaban J connectivity index is 1.55. The number of aromatic nitrogens is 5. The van der Waals surface area contributed by atoms with Gasteiger partial charge in [0.1, 0.15) is 11.6 Å². The molecule has 3 heterocycles. The number of benzene rings is 1. The maximum Gasteiger partial charge on any atom is 0.322 e. The average molecular weight is 340 g/mol. The second-order valence-corrected chi connectivity index (χ2v) is 5.96. The summed E-state index contributed by atoms with van der Waals surface area (Å²) in [5.74, 6) is 3.08. The van der Waals surface area contributed by atoms with Gasteiger partial charge in [-0.25, -0.2) is 9.67 Å². The largest absolute Gasteiger partial charge is 0.497 e. The Morgan fingerprint density at radius 3 is 3.12 bits per heavy atom. The van der Waals surface area contributed by atoms with Gasteiger partial charge in [-0.2, -0.15) is 10.1 Å². The van der Waals surface area contributed by atoms with Crippen LogP contribution in [0.2, 0.25) is 0 Å². The topological polar surface area (TPSA) is 90.9 Å². The lowest BCUT2D eigenvalue weighted by molar-refractivity contribution is 0.402. The van der Waals surface area contributed by atoms with Gasteiger partial charge < -0.3 is 14.6 Å². The van der Waals surface area contributed by atoms with Crippen LogP contribution >= 0.6 is 0 Å². The zero-order valence-electron chi connectivity index (χ0n) is 14.3. The van der Waals surface area contributed by atoms with Crippen LogP contribution in [0.5, 0.6) is 5.75 Å². The van der Waals surface area contributed by atoms with Crippen molar-refractivity contribution >= 4 is 6.01 Å². The molecule has 8 heteroatoms. The summed E-state index contributed by atoms with van der Waals surface area (Å²) in [4.78, 5) is 9.07. The highest BCUT2D eigenvalue weighted by Crippen LogP contribution is 2.28. The van der Waals surface area contributed by atoms with Crippen molar-refractivity contribution in [3.05, 3.63) is 35.9 Å². The highest BCUT2D eigenvalue weighted by Gasteiger charge is 2.25. The zero-order chi connectivity index (χ0) is 17.2. The molecule has 0 radical (unpaired) electrons. The van der Waals surface area contributed by atoms with Gasteiger partial charge in [-0.1, -0.05) is 24.2 Å². The first-order valence-corrected chi connectivity index (χ1v) is 8.45. The standard InChI is InChI=1S/C17H20N6O2/c1-3-14-19-16-13(8-5-9-23(16)21-14)18-17-20-15(22-25-17)11-6-4-7-12(10-11)24-2/h4,6-7,10,13H,3,5,8-9H2,1-2H3,(H,18,20,22)/t13-/m0/s1. The van der Waals surface area contributed by atoms with Gasteiger partial charge in [-0.3, -0.25) is 0 Å². The van der Waals surface area contributed by atoms with Crippen LogP contribution in [0.4, 0.5) is 6.01 Å². The van der Waals surface area contributed by atoms with Crippen LogP contribution in [-0.4, -0.2) is 32.0 Å². The highest BCUT2D eigenvalue weighted by atomic mass is 16.5. The minimum atomic E-state index is 0.0279. The van der Waals surface area contributed by atoms with Crippen molar-refractivity contribution in [2.75, 3.05) is 12.4 Å². The molecule has 1 aliphatic rings. The summed E-state index contributed by atoms with van der Waals surface area (Å²) in [5, 5.41) is 11.9. The van der Waals surface area contributed by atoms with E-state index in [1.54, 1.807) is 7.11 Å². The Bertz CT molecular complexity index is 872. The Kier molecular flexibility index (Phi) is 4.09. The first kappa shape index (κ1) is 15.6. The lowest BCUT2D eigenvalue weighted by Crippen LogP contribution is -2.22. The number of nitrogens with one attached hydrogen (secondary N) is 1. The van der Waals surface area contributed by atoms with Crippen LogP contribution in [0.25, 0.3) is 11.4 Å². The molecule has 0 aliphatic carbocycles. The van der Waals surface area contributed by atoms with E-state index < -0.39 is 0 Å². The molecule has 0 saturated carbocycles. The fourth-order valence-electron chi connectivity index (χ4n) is 3.00. The Morgan fingerprint density at radius 2 is 2.28 bits per heavy atom.